The summed E-state index contributed by atoms with van der Waals surface area (Å²) in [5, 5.41) is 3.73. The van der Waals surface area contributed by atoms with E-state index in [1.165, 1.54) is 17.3 Å². The molecule has 1 aromatic heterocycles. The number of aromatic nitrogens is 2. The Morgan fingerprint density at radius 1 is 1.41 bits per heavy atom. The van der Waals surface area contributed by atoms with Crippen LogP contribution < -0.4 is 5.32 Å². The molecular weight excluding hydrogens is 294 g/mol. The first-order valence-corrected chi connectivity index (χ1v) is 8.56. The Labute approximate surface area is 135 Å². The van der Waals surface area contributed by atoms with Crippen molar-refractivity contribution < 1.29 is 4.79 Å². The van der Waals surface area contributed by atoms with Gasteiger partial charge in [-0.1, -0.05) is 42.1 Å². The third-order valence-corrected chi connectivity index (χ3v) is 4.74. The zero-order valence-electron chi connectivity index (χ0n) is 12.9. The molecule has 116 valence electrons. The molecule has 4 nitrogen and oxygen atoms in total. The van der Waals surface area contributed by atoms with Crippen LogP contribution in [0.2, 0.25) is 0 Å². The van der Waals surface area contributed by atoms with Crippen LogP contribution in [0.15, 0.2) is 35.5 Å². The Morgan fingerprint density at radius 3 is 2.82 bits per heavy atom. The lowest BCUT2D eigenvalue weighted by Crippen LogP contribution is -2.32. The van der Waals surface area contributed by atoms with Crippen molar-refractivity contribution in [1.82, 2.24) is 15.3 Å². The number of aryl methyl sites for hydroxylation is 1. The van der Waals surface area contributed by atoms with Gasteiger partial charge in [-0.15, -0.1) is 0 Å². The zero-order valence-corrected chi connectivity index (χ0v) is 13.7. The summed E-state index contributed by atoms with van der Waals surface area (Å²) in [7, 11) is 0. The maximum atomic E-state index is 12.0. The second-order valence-corrected chi connectivity index (χ2v) is 7.15. The molecule has 1 fully saturated rings. The molecule has 0 radical (unpaired) electrons. The Hall–Kier alpha value is -1.75. The van der Waals surface area contributed by atoms with Crippen molar-refractivity contribution in [3.05, 3.63) is 47.3 Å². The van der Waals surface area contributed by atoms with Gasteiger partial charge in [0.05, 0.1) is 10.9 Å². The number of thioether (sulfide) groups is 1. The summed E-state index contributed by atoms with van der Waals surface area (Å²) in [6.45, 7) is 3.96. The molecule has 0 spiro atoms. The molecule has 22 heavy (non-hydrogen) atoms. The maximum absolute atomic E-state index is 12.0. The molecule has 2 N–H and O–H groups in total. The fourth-order valence-corrected chi connectivity index (χ4v) is 3.14. The van der Waals surface area contributed by atoms with E-state index >= 15 is 0 Å². The Balaban J connectivity index is 1.62. The average Bonchev–Trinajstić information content (AvgIpc) is 3.25. The van der Waals surface area contributed by atoms with Crippen molar-refractivity contribution in [2.75, 3.05) is 0 Å². The van der Waals surface area contributed by atoms with Crippen molar-refractivity contribution in [1.29, 1.82) is 0 Å². The predicted molar refractivity (Wildman–Crippen MR) is 89.1 cm³/mol. The topological polar surface area (TPSA) is 57.8 Å². The van der Waals surface area contributed by atoms with E-state index in [2.05, 4.69) is 27.4 Å². The van der Waals surface area contributed by atoms with E-state index in [4.69, 9.17) is 0 Å². The van der Waals surface area contributed by atoms with Crippen LogP contribution in [0.4, 0.5) is 0 Å². The Kier molecular flexibility index (Phi) is 4.52. The predicted octanol–water partition coefficient (Wildman–Crippen LogP) is 3.07. The van der Waals surface area contributed by atoms with E-state index < -0.39 is 0 Å². The summed E-state index contributed by atoms with van der Waals surface area (Å²) in [4.78, 5) is 19.9. The van der Waals surface area contributed by atoms with Crippen LogP contribution in [0.25, 0.3) is 0 Å². The lowest BCUT2D eigenvalue weighted by atomic mass is 10.1. The van der Waals surface area contributed by atoms with Gasteiger partial charge in [-0.2, -0.15) is 0 Å². The Morgan fingerprint density at radius 2 is 2.14 bits per heavy atom. The van der Waals surface area contributed by atoms with Gasteiger partial charge < -0.3 is 10.3 Å². The molecule has 0 bridgehead atoms. The monoisotopic (exact) mass is 315 g/mol. The number of carbonyl (C=O) groups is 1. The molecule has 1 unspecified atom stereocenters. The van der Waals surface area contributed by atoms with Crippen LogP contribution >= 0.6 is 11.8 Å². The van der Waals surface area contributed by atoms with Crippen molar-refractivity contribution >= 4 is 17.7 Å². The average molecular weight is 315 g/mol. The lowest BCUT2D eigenvalue weighted by molar-refractivity contribution is -0.120. The molecule has 1 amide bonds. The number of hydrogen-bond acceptors (Lipinski definition) is 3. The SMILES string of the molecule is Cc1[nH]c(SC(C)C(=O)NC2CC2)nc1Cc1ccccc1. The number of imidazole rings is 1. The van der Waals surface area contributed by atoms with Gasteiger partial charge in [-0.25, -0.2) is 4.98 Å². The first kappa shape index (κ1) is 15.2. The third-order valence-electron chi connectivity index (χ3n) is 3.76. The number of rotatable bonds is 6. The number of benzene rings is 1. The quantitative estimate of drug-likeness (QED) is 0.806. The summed E-state index contributed by atoms with van der Waals surface area (Å²) in [6, 6.07) is 10.7. The second-order valence-electron chi connectivity index (χ2n) is 5.82. The number of aromatic amines is 1. The van der Waals surface area contributed by atoms with E-state index in [1.807, 2.05) is 32.0 Å². The summed E-state index contributed by atoms with van der Waals surface area (Å²) >= 11 is 1.49. The molecule has 3 rings (SSSR count). The van der Waals surface area contributed by atoms with Crippen LogP contribution in [-0.2, 0) is 11.2 Å². The standard InChI is InChI=1S/C17H21N3OS/c1-11-15(10-13-6-4-3-5-7-13)20-17(18-11)22-12(2)16(21)19-14-8-9-14/h3-7,12,14H,8-10H2,1-2H3,(H,18,20)(H,19,21). The van der Waals surface area contributed by atoms with Gasteiger partial charge in [0.15, 0.2) is 5.16 Å². The van der Waals surface area contributed by atoms with Gasteiger partial charge in [-0.3, -0.25) is 4.79 Å². The molecule has 1 saturated carbocycles. The lowest BCUT2D eigenvalue weighted by Gasteiger charge is -2.09. The molecule has 5 heteroatoms. The number of hydrogen-bond donors (Lipinski definition) is 2. The van der Waals surface area contributed by atoms with Crippen LogP contribution in [-0.4, -0.2) is 27.2 Å². The van der Waals surface area contributed by atoms with Crippen LogP contribution in [0.3, 0.4) is 0 Å². The highest BCUT2D eigenvalue weighted by atomic mass is 32.2. The van der Waals surface area contributed by atoms with Crippen LogP contribution in [0.5, 0.6) is 0 Å². The normalized spacial score (nSPS) is 15.5. The van der Waals surface area contributed by atoms with Gasteiger partial charge in [0, 0.05) is 18.2 Å². The second kappa shape index (κ2) is 6.57. The number of carbonyl (C=O) groups excluding carboxylic acids is 1. The number of nitrogens with zero attached hydrogens (tertiary/aromatic N) is 1. The molecule has 0 aliphatic heterocycles. The van der Waals surface area contributed by atoms with Crippen LogP contribution in [0, 0.1) is 6.92 Å². The fourth-order valence-electron chi connectivity index (χ4n) is 2.25. The van der Waals surface area contributed by atoms with E-state index in [0.29, 0.717) is 6.04 Å². The number of amides is 1. The molecule has 1 heterocycles. The van der Waals surface area contributed by atoms with Gasteiger partial charge in [0.1, 0.15) is 0 Å². The summed E-state index contributed by atoms with van der Waals surface area (Å²) in [5.41, 5.74) is 3.36. The largest absolute Gasteiger partial charge is 0.352 e. The molecule has 0 saturated heterocycles. The molecule has 1 aliphatic carbocycles. The minimum atomic E-state index is -0.129. The maximum Gasteiger partial charge on any atom is 0.233 e. The zero-order chi connectivity index (χ0) is 15.5. The minimum absolute atomic E-state index is 0.103. The van der Waals surface area contributed by atoms with Gasteiger partial charge in [0.2, 0.25) is 5.91 Å². The minimum Gasteiger partial charge on any atom is -0.352 e. The highest BCUT2D eigenvalue weighted by Crippen LogP contribution is 2.25. The third kappa shape index (κ3) is 3.91. The van der Waals surface area contributed by atoms with Crippen LogP contribution in [0.1, 0.15) is 36.7 Å². The van der Waals surface area contributed by atoms with E-state index in [1.54, 1.807) is 0 Å². The summed E-state index contributed by atoms with van der Waals surface area (Å²) < 4.78 is 0. The molecule has 1 aliphatic rings. The highest BCUT2D eigenvalue weighted by Gasteiger charge is 2.26. The molecule has 1 aromatic carbocycles. The summed E-state index contributed by atoms with van der Waals surface area (Å²) in [6.07, 6.45) is 3.04. The van der Waals surface area contributed by atoms with Crippen molar-refractivity contribution in [3.63, 3.8) is 0 Å². The van der Waals surface area contributed by atoms with Crippen molar-refractivity contribution in [2.24, 2.45) is 0 Å². The van der Waals surface area contributed by atoms with Gasteiger partial charge >= 0.3 is 0 Å². The summed E-state index contributed by atoms with van der Waals surface area (Å²) in [5.74, 6) is 0.103. The van der Waals surface area contributed by atoms with Gasteiger partial charge in [0.25, 0.3) is 0 Å². The number of nitrogens with one attached hydrogen (secondary N) is 2. The van der Waals surface area contributed by atoms with Crippen molar-refractivity contribution in [3.8, 4) is 0 Å². The van der Waals surface area contributed by atoms with E-state index in [9.17, 15) is 4.79 Å². The van der Waals surface area contributed by atoms with E-state index in [-0.39, 0.29) is 11.2 Å². The number of H-pyrrole nitrogens is 1. The fraction of sp³-hybridized carbons (Fsp3) is 0.412. The molecule has 1 atom stereocenters. The van der Waals surface area contributed by atoms with Crippen molar-refractivity contribution in [2.45, 2.75) is 49.6 Å². The Bertz CT molecular complexity index is 649. The molecular formula is C17H21N3OS. The van der Waals surface area contributed by atoms with E-state index in [0.717, 1.165) is 35.8 Å². The molecule has 2 aromatic rings. The smallest absolute Gasteiger partial charge is 0.233 e. The first-order chi connectivity index (χ1) is 10.6. The first-order valence-electron chi connectivity index (χ1n) is 7.68. The highest BCUT2D eigenvalue weighted by molar-refractivity contribution is 8.00. The van der Waals surface area contributed by atoms with Gasteiger partial charge in [-0.05, 0) is 32.3 Å².